The van der Waals surface area contributed by atoms with E-state index in [0.717, 1.165) is 30.7 Å². The van der Waals surface area contributed by atoms with E-state index in [0.29, 0.717) is 44.2 Å². The highest BCUT2D eigenvalue weighted by Gasteiger charge is 2.58. The van der Waals surface area contributed by atoms with Gasteiger partial charge in [0.25, 0.3) is 11.8 Å². The van der Waals surface area contributed by atoms with Crippen molar-refractivity contribution in [2.75, 3.05) is 39.6 Å². The van der Waals surface area contributed by atoms with E-state index in [-0.39, 0.29) is 29.3 Å². The van der Waals surface area contributed by atoms with Gasteiger partial charge in [-0.2, -0.15) is 0 Å². The number of amides is 2. The topological polar surface area (TPSA) is 119 Å². The summed E-state index contributed by atoms with van der Waals surface area (Å²) in [6, 6.07) is 6.76. The molecule has 0 bridgehead atoms. The number of carbonyl (C=O) groups excluding carboxylic acids is 2. The highest BCUT2D eigenvalue weighted by atomic mass is 16.7. The van der Waals surface area contributed by atoms with Crippen LogP contribution in [0.3, 0.4) is 0 Å². The number of benzene rings is 1. The van der Waals surface area contributed by atoms with Crippen LogP contribution in [0.1, 0.15) is 74.1 Å². The summed E-state index contributed by atoms with van der Waals surface area (Å²) in [5.41, 5.74) is 0.903. The highest BCUT2D eigenvalue weighted by molar-refractivity contribution is 6.20. The molecule has 0 aromatic heterocycles. The summed E-state index contributed by atoms with van der Waals surface area (Å²) in [7, 11) is 0. The zero-order chi connectivity index (χ0) is 27.2. The van der Waals surface area contributed by atoms with Crippen molar-refractivity contribution in [2.24, 2.45) is 28.6 Å². The molecule has 2 N–H and O–H groups in total. The van der Waals surface area contributed by atoms with E-state index in [1.807, 2.05) is 0 Å². The Morgan fingerprint density at radius 1 is 0.763 bits per heavy atom. The van der Waals surface area contributed by atoms with Gasteiger partial charge in [0.15, 0.2) is 11.6 Å². The SMILES string of the molecule is CC1(C)CCC2(OCCO2)C1CON.CC1(C)CCC2(OCCO2)C1CON1C(=O)c2ccccc2C1=O. The zero-order valence-electron chi connectivity index (χ0n) is 22.8. The molecule has 2 saturated heterocycles. The van der Waals surface area contributed by atoms with Crippen LogP contribution in [0, 0.1) is 22.7 Å². The van der Waals surface area contributed by atoms with Gasteiger partial charge < -0.3 is 23.8 Å². The summed E-state index contributed by atoms with van der Waals surface area (Å²) in [5.74, 6) is 3.48. The molecule has 2 amide bonds. The minimum absolute atomic E-state index is 0.0446. The number of hydrogen-bond donors (Lipinski definition) is 1. The van der Waals surface area contributed by atoms with Crippen molar-refractivity contribution in [3.05, 3.63) is 35.4 Å². The molecule has 10 nitrogen and oxygen atoms in total. The van der Waals surface area contributed by atoms with Gasteiger partial charge in [0, 0.05) is 24.7 Å². The number of rotatable bonds is 5. The molecule has 2 spiro atoms. The summed E-state index contributed by atoms with van der Waals surface area (Å²) in [4.78, 5) is 35.3. The number of imide groups is 1. The summed E-state index contributed by atoms with van der Waals surface area (Å²) in [6.45, 7) is 12.0. The lowest BCUT2D eigenvalue weighted by Crippen LogP contribution is -2.44. The fourth-order valence-corrected chi connectivity index (χ4v) is 6.75. The number of hydroxylamine groups is 2. The van der Waals surface area contributed by atoms with Crippen LogP contribution in [0.4, 0.5) is 0 Å². The predicted molar refractivity (Wildman–Crippen MR) is 135 cm³/mol. The Balaban J connectivity index is 0.000000179. The normalized spacial score (nSPS) is 29.8. The van der Waals surface area contributed by atoms with E-state index in [9.17, 15) is 9.59 Å². The van der Waals surface area contributed by atoms with Gasteiger partial charge in [-0.3, -0.25) is 14.4 Å². The molecule has 6 rings (SSSR count). The maximum absolute atomic E-state index is 12.4. The Labute approximate surface area is 223 Å². The lowest BCUT2D eigenvalue weighted by molar-refractivity contribution is -0.221. The number of nitrogens with two attached hydrogens (primary N) is 1. The van der Waals surface area contributed by atoms with Crippen molar-refractivity contribution >= 4 is 11.8 Å². The molecule has 38 heavy (non-hydrogen) atoms. The van der Waals surface area contributed by atoms with Crippen molar-refractivity contribution in [2.45, 2.75) is 65.0 Å². The van der Waals surface area contributed by atoms with Crippen LogP contribution in [0.25, 0.3) is 0 Å². The first-order valence-electron chi connectivity index (χ1n) is 13.5. The van der Waals surface area contributed by atoms with Crippen LogP contribution in [-0.2, 0) is 28.6 Å². The predicted octanol–water partition coefficient (Wildman–Crippen LogP) is 3.45. The average molecular weight is 533 g/mol. The molecular formula is C28H40N2O8. The van der Waals surface area contributed by atoms with Crippen LogP contribution in [0.15, 0.2) is 24.3 Å². The maximum atomic E-state index is 12.4. The number of ether oxygens (including phenoxy) is 4. The van der Waals surface area contributed by atoms with E-state index < -0.39 is 23.4 Å². The molecule has 10 heteroatoms. The second kappa shape index (κ2) is 10.2. The summed E-state index contributed by atoms with van der Waals surface area (Å²) < 4.78 is 23.3. The number of hydrogen-bond acceptors (Lipinski definition) is 9. The Hall–Kier alpha value is -1.92. The van der Waals surface area contributed by atoms with Crippen molar-refractivity contribution in [3.8, 4) is 0 Å². The monoisotopic (exact) mass is 532 g/mol. The number of carbonyl (C=O) groups is 2. The van der Waals surface area contributed by atoms with Crippen molar-refractivity contribution in [3.63, 3.8) is 0 Å². The van der Waals surface area contributed by atoms with Crippen LogP contribution < -0.4 is 5.90 Å². The first kappa shape index (κ1) is 27.6. The van der Waals surface area contributed by atoms with E-state index in [1.54, 1.807) is 24.3 Å². The standard InChI is InChI=1S/C18H21NO5.C10H19NO3/c1-17(2)7-8-18(22-9-10-23-18)14(17)11-24-19-15(20)12-5-3-4-6-13(12)16(19)21;1-9(2)3-4-10(8(9)7-14-11)12-5-6-13-10/h3-6,14H,7-11H2,1-2H3;8H,3-7,11H2,1-2H3. The van der Waals surface area contributed by atoms with Crippen molar-refractivity contribution < 1.29 is 38.2 Å². The third-order valence-electron chi connectivity index (χ3n) is 9.13. The van der Waals surface area contributed by atoms with Gasteiger partial charge in [0.2, 0.25) is 0 Å². The van der Waals surface area contributed by atoms with Crippen LogP contribution in [-0.4, -0.2) is 68.1 Å². The molecule has 2 unspecified atom stereocenters. The van der Waals surface area contributed by atoms with E-state index in [2.05, 4.69) is 27.7 Å². The summed E-state index contributed by atoms with van der Waals surface area (Å²) in [5, 5.41) is 0.877. The Morgan fingerprint density at radius 3 is 1.61 bits per heavy atom. The van der Waals surface area contributed by atoms with Gasteiger partial charge in [-0.15, -0.1) is 5.06 Å². The molecular weight excluding hydrogens is 492 g/mol. The largest absolute Gasteiger partial charge is 0.347 e. The average Bonchev–Trinajstić information content (AvgIpc) is 3.69. The zero-order valence-corrected chi connectivity index (χ0v) is 22.8. The molecule has 3 heterocycles. The molecule has 0 radical (unpaired) electrons. The van der Waals surface area contributed by atoms with Gasteiger partial charge in [-0.1, -0.05) is 39.8 Å². The Morgan fingerprint density at radius 2 is 1.18 bits per heavy atom. The lowest BCUT2D eigenvalue weighted by atomic mass is 9.81. The molecule has 3 aliphatic heterocycles. The van der Waals surface area contributed by atoms with Crippen LogP contribution >= 0.6 is 0 Å². The minimum atomic E-state index is -0.651. The molecule has 5 aliphatic rings. The fourth-order valence-electron chi connectivity index (χ4n) is 6.75. The summed E-state index contributed by atoms with van der Waals surface area (Å²) in [6.07, 6.45) is 3.80. The molecule has 210 valence electrons. The fraction of sp³-hybridized carbons (Fsp3) is 0.714. The first-order valence-corrected chi connectivity index (χ1v) is 13.5. The van der Waals surface area contributed by atoms with E-state index in [4.69, 9.17) is 34.5 Å². The minimum Gasteiger partial charge on any atom is -0.347 e. The lowest BCUT2D eigenvalue weighted by Gasteiger charge is -2.36. The van der Waals surface area contributed by atoms with Crippen molar-refractivity contribution in [1.82, 2.24) is 5.06 Å². The molecule has 2 atom stereocenters. The molecule has 1 aromatic rings. The van der Waals surface area contributed by atoms with Gasteiger partial charge in [0.05, 0.1) is 50.8 Å². The van der Waals surface area contributed by atoms with Gasteiger partial charge >= 0.3 is 0 Å². The molecule has 4 fully saturated rings. The smallest absolute Gasteiger partial charge is 0.285 e. The molecule has 2 aliphatic carbocycles. The van der Waals surface area contributed by atoms with Crippen LogP contribution in [0.2, 0.25) is 0 Å². The van der Waals surface area contributed by atoms with Gasteiger partial charge in [-0.05, 0) is 35.8 Å². The highest BCUT2D eigenvalue weighted by Crippen LogP contribution is 2.54. The van der Waals surface area contributed by atoms with Crippen LogP contribution in [0.5, 0.6) is 0 Å². The van der Waals surface area contributed by atoms with E-state index in [1.165, 1.54) is 0 Å². The second-order valence-electron chi connectivity index (χ2n) is 12.2. The second-order valence-corrected chi connectivity index (χ2v) is 12.2. The third-order valence-corrected chi connectivity index (χ3v) is 9.13. The Kier molecular flexibility index (Phi) is 7.45. The third kappa shape index (κ3) is 4.70. The molecule has 1 aromatic carbocycles. The molecule has 2 saturated carbocycles. The van der Waals surface area contributed by atoms with Crippen molar-refractivity contribution in [1.29, 1.82) is 0 Å². The number of nitrogens with zero attached hydrogens (tertiary/aromatic N) is 1. The van der Waals surface area contributed by atoms with Gasteiger partial charge in [0.1, 0.15) is 0 Å². The van der Waals surface area contributed by atoms with E-state index >= 15 is 0 Å². The Bertz CT molecular complexity index is 1010. The maximum Gasteiger partial charge on any atom is 0.285 e. The summed E-state index contributed by atoms with van der Waals surface area (Å²) >= 11 is 0. The quantitative estimate of drug-likeness (QED) is 0.449. The van der Waals surface area contributed by atoms with Gasteiger partial charge in [-0.25, -0.2) is 5.90 Å². The first-order chi connectivity index (χ1) is 18.1. The number of fused-ring (bicyclic) bond motifs is 1.